The van der Waals surface area contributed by atoms with E-state index in [4.69, 9.17) is 4.74 Å². The fourth-order valence-corrected chi connectivity index (χ4v) is 0.587. The van der Waals surface area contributed by atoms with Gasteiger partial charge in [0.1, 0.15) is 0 Å². The SMILES string of the molecule is CCCCOC(=O)NCCC. The summed E-state index contributed by atoms with van der Waals surface area (Å²) in [5.41, 5.74) is 0. The van der Waals surface area contributed by atoms with Crippen LogP contribution in [0.1, 0.15) is 33.1 Å². The molecule has 1 N–H and O–H groups in total. The number of amides is 1. The molecule has 0 radical (unpaired) electrons. The lowest BCUT2D eigenvalue weighted by atomic mass is 10.4. The number of hydrogen-bond donors (Lipinski definition) is 1. The van der Waals surface area contributed by atoms with Crippen LogP contribution in [-0.2, 0) is 4.74 Å². The summed E-state index contributed by atoms with van der Waals surface area (Å²) in [5, 5.41) is 2.63. The van der Waals surface area contributed by atoms with Crippen molar-refractivity contribution in [1.29, 1.82) is 0 Å². The third-order valence-corrected chi connectivity index (χ3v) is 1.25. The Morgan fingerprint density at radius 1 is 1.36 bits per heavy atom. The molecule has 0 aliphatic heterocycles. The molecule has 0 atom stereocenters. The molecule has 3 heteroatoms. The number of ether oxygens (including phenoxy) is 1. The van der Waals surface area contributed by atoms with Gasteiger partial charge in [0.2, 0.25) is 0 Å². The van der Waals surface area contributed by atoms with E-state index >= 15 is 0 Å². The van der Waals surface area contributed by atoms with Gasteiger partial charge in [-0.1, -0.05) is 20.3 Å². The molecule has 0 aromatic carbocycles. The summed E-state index contributed by atoms with van der Waals surface area (Å²) in [6.45, 7) is 5.30. The Bertz CT molecular complexity index is 104. The van der Waals surface area contributed by atoms with Gasteiger partial charge in [-0.05, 0) is 12.8 Å². The van der Waals surface area contributed by atoms with E-state index in [0.717, 1.165) is 19.3 Å². The van der Waals surface area contributed by atoms with Gasteiger partial charge in [0.25, 0.3) is 0 Å². The normalized spacial score (nSPS) is 9.27. The highest BCUT2D eigenvalue weighted by atomic mass is 16.5. The summed E-state index contributed by atoms with van der Waals surface area (Å²) in [6, 6.07) is 0. The maximum Gasteiger partial charge on any atom is 0.407 e. The van der Waals surface area contributed by atoms with Gasteiger partial charge < -0.3 is 10.1 Å². The van der Waals surface area contributed by atoms with E-state index in [1.54, 1.807) is 0 Å². The molecule has 0 unspecified atom stereocenters. The number of unbranched alkanes of at least 4 members (excludes halogenated alkanes) is 1. The quantitative estimate of drug-likeness (QED) is 0.622. The topological polar surface area (TPSA) is 38.3 Å². The number of nitrogens with one attached hydrogen (secondary N) is 1. The first kappa shape index (κ1) is 10.3. The van der Waals surface area contributed by atoms with Crippen molar-refractivity contribution in [2.24, 2.45) is 0 Å². The van der Waals surface area contributed by atoms with Crippen LogP contribution in [0.3, 0.4) is 0 Å². The molecule has 0 bridgehead atoms. The smallest absolute Gasteiger partial charge is 0.407 e. The zero-order valence-electron chi connectivity index (χ0n) is 7.35. The summed E-state index contributed by atoms with van der Waals surface area (Å²) in [6.07, 6.45) is 2.66. The Morgan fingerprint density at radius 3 is 2.64 bits per heavy atom. The van der Waals surface area contributed by atoms with Gasteiger partial charge in [-0.2, -0.15) is 0 Å². The summed E-state index contributed by atoms with van der Waals surface area (Å²) in [5.74, 6) is 0. The van der Waals surface area contributed by atoms with Crippen molar-refractivity contribution in [3.8, 4) is 0 Å². The maximum atomic E-state index is 10.7. The molecule has 66 valence electrons. The minimum Gasteiger partial charge on any atom is -0.450 e. The van der Waals surface area contributed by atoms with E-state index < -0.39 is 0 Å². The number of rotatable bonds is 5. The van der Waals surface area contributed by atoms with E-state index in [2.05, 4.69) is 12.2 Å². The van der Waals surface area contributed by atoms with Crippen LogP contribution in [-0.4, -0.2) is 19.2 Å². The molecule has 0 aromatic rings. The predicted molar refractivity (Wildman–Crippen MR) is 44.5 cm³/mol. The second-order valence-corrected chi connectivity index (χ2v) is 2.42. The first-order valence-electron chi connectivity index (χ1n) is 4.21. The number of hydrogen-bond acceptors (Lipinski definition) is 2. The van der Waals surface area contributed by atoms with Gasteiger partial charge in [0, 0.05) is 6.54 Å². The average Bonchev–Trinajstić information content (AvgIpc) is 2.01. The monoisotopic (exact) mass is 159 g/mol. The zero-order chi connectivity index (χ0) is 8.53. The summed E-state index contributed by atoms with van der Waals surface area (Å²) in [4.78, 5) is 10.7. The molecule has 1 amide bonds. The van der Waals surface area contributed by atoms with Crippen molar-refractivity contribution in [3.63, 3.8) is 0 Å². The average molecular weight is 159 g/mol. The molecule has 0 spiro atoms. The summed E-state index contributed by atoms with van der Waals surface area (Å²) in [7, 11) is 0. The molecular weight excluding hydrogens is 142 g/mol. The van der Waals surface area contributed by atoms with Gasteiger partial charge in [-0.25, -0.2) is 4.79 Å². The lowest BCUT2D eigenvalue weighted by Crippen LogP contribution is -2.25. The second-order valence-electron chi connectivity index (χ2n) is 2.42. The minimum absolute atomic E-state index is 0.291. The second kappa shape index (κ2) is 7.38. The maximum absolute atomic E-state index is 10.7. The Balaban J connectivity index is 3.09. The van der Waals surface area contributed by atoms with Crippen molar-refractivity contribution >= 4 is 6.09 Å². The van der Waals surface area contributed by atoms with Crippen molar-refractivity contribution in [2.45, 2.75) is 33.1 Å². The van der Waals surface area contributed by atoms with Crippen molar-refractivity contribution < 1.29 is 9.53 Å². The highest BCUT2D eigenvalue weighted by Gasteiger charge is 1.97. The molecule has 0 fully saturated rings. The highest BCUT2D eigenvalue weighted by Crippen LogP contribution is 1.87. The first-order valence-corrected chi connectivity index (χ1v) is 4.21. The lowest BCUT2D eigenvalue weighted by molar-refractivity contribution is 0.144. The molecular formula is C8H17NO2. The Morgan fingerprint density at radius 2 is 2.09 bits per heavy atom. The van der Waals surface area contributed by atoms with E-state index in [9.17, 15) is 4.79 Å². The molecule has 3 nitrogen and oxygen atoms in total. The van der Waals surface area contributed by atoms with Crippen LogP contribution in [0.15, 0.2) is 0 Å². The van der Waals surface area contributed by atoms with Crippen LogP contribution in [0.5, 0.6) is 0 Å². The fraction of sp³-hybridized carbons (Fsp3) is 0.875. The van der Waals surface area contributed by atoms with Crippen LogP contribution in [0.2, 0.25) is 0 Å². The Hall–Kier alpha value is -0.730. The molecule has 0 saturated heterocycles. The van der Waals surface area contributed by atoms with Gasteiger partial charge in [-0.3, -0.25) is 0 Å². The van der Waals surface area contributed by atoms with Crippen molar-refractivity contribution in [3.05, 3.63) is 0 Å². The van der Waals surface area contributed by atoms with Crippen molar-refractivity contribution in [2.75, 3.05) is 13.2 Å². The third kappa shape index (κ3) is 7.16. The molecule has 0 saturated carbocycles. The fourth-order valence-electron chi connectivity index (χ4n) is 0.587. The number of carbonyl (C=O) groups excluding carboxylic acids is 1. The van der Waals surface area contributed by atoms with Crippen LogP contribution in [0.4, 0.5) is 4.79 Å². The summed E-state index contributed by atoms with van der Waals surface area (Å²) >= 11 is 0. The number of alkyl carbamates (subject to hydrolysis) is 1. The van der Waals surface area contributed by atoms with E-state index in [1.165, 1.54) is 0 Å². The van der Waals surface area contributed by atoms with Crippen LogP contribution in [0, 0.1) is 0 Å². The third-order valence-electron chi connectivity index (χ3n) is 1.25. The standard InChI is InChI=1S/C8H17NO2/c1-3-5-7-11-8(10)9-6-4-2/h3-7H2,1-2H3,(H,9,10). The van der Waals surface area contributed by atoms with Gasteiger partial charge in [-0.15, -0.1) is 0 Å². The van der Waals surface area contributed by atoms with Gasteiger partial charge >= 0.3 is 6.09 Å². The van der Waals surface area contributed by atoms with Gasteiger partial charge in [0.05, 0.1) is 6.61 Å². The Kier molecular flexibility index (Phi) is 6.89. The van der Waals surface area contributed by atoms with E-state index in [1.807, 2.05) is 6.92 Å². The predicted octanol–water partition coefficient (Wildman–Crippen LogP) is 1.92. The lowest BCUT2D eigenvalue weighted by Gasteiger charge is -2.03. The molecule has 0 rings (SSSR count). The zero-order valence-corrected chi connectivity index (χ0v) is 7.35. The van der Waals surface area contributed by atoms with Crippen LogP contribution < -0.4 is 5.32 Å². The molecule has 0 aliphatic rings. The van der Waals surface area contributed by atoms with Crippen molar-refractivity contribution in [1.82, 2.24) is 5.32 Å². The molecule has 0 aromatic heterocycles. The van der Waals surface area contributed by atoms with Gasteiger partial charge in [0.15, 0.2) is 0 Å². The molecule has 0 heterocycles. The number of carbonyl (C=O) groups is 1. The minimum atomic E-state index is -0.291. The summed E-state index contributed by atoms with van der Waals surface area (Å²) < 4.78 is 4.83. The van der Waals surface area contributed by atoms with E-state index in [0.29, 0.717) is 13.2 Å². The first-order chi connectivity index (χ1) is 5.31. The highest BCUT2D eigenvalue weighted by molar-refractivity contribution is 5.66. The van der Waals surface area contributed by atoms with E-state index in [-0.39, 0.29) is 6.09 Å². The molecule has 0 aliphatic carbocycles. The molecule has 11 heavy (non-hydrogen) atoms. The van der Waals surface area contributed by atoms with Crippen LogP contribution in [0.25, 0.3) is 0 Å². The largest absolute Gasteiger partial charge is 0.450 e. The Labute approximate surface area is 68.1 Å². The van der Waals surface area contributed by atoms with Crippen LogP contribution >= 0.6 is 0 Å².